The lowest BCUT2D eigenvalue weighted by atomic mass is 10.0. The molecule has 1 atom stereocenters. The topological polar surface area (TPSA) is 40.5 Å². The van der Waals surface area contributed by atoms with Crippen molar-refractivity contribution < 1.29 is 9.90 Å². The molecule has 0 spiro atoms. The van der Waals surface area contributed by atoms with E-state index >= 15 is 0 Å². The highest BCUT2D eigenvalue weighted by molar-refractivity contribution is 5.67. The van der Waals surface area contributed by atoms with Gasteiger partial charge in [-0.25, -0.2) is 0 Å². The van der Waals surface area contributed by atoms with Crippen LogP contribution in [0.5, 0.6) is 0 Å². The summed E-state index contributed by atoms with van der Waals surface area (Å²) < 4.78 is 0. The molecule has 1 aromatic rings. The standard InChI is InChI=1S/C13H19NO2/c1-10(2)14(3)12(9-13(15)16)11-7-5-4-6-8-11/h4-8,10,12H,9H2,1-3H3,(H,15,16). The van der Waals surface area contributed by atoms with Gasteiger partial charge < -0.3 is 5.11 Å². The third-order valence-corrected chi connectivity index (χ3v) is 2.86. The zero-order valence-corrected chi connectivity index (χ0v) is 10.1. The van der Waals surface area contributed by atoms with Gasteiger partial charge in [-0.2, -0.15) is 0 Å². The second kappa shape index (κ2) is 5.66. The number of nitrogens with zero attached hydrogens (tertiary/aromatic N) is 1. The Morgan fingerprint density at radius 2 is 1.88 bits per heavy atom. The van der Waals surface area contributed by atoms with Gasteiger partial charge in [-0.05, 0) is 26.5 Å². The molecule has 0 amide bonds. The highest BCUT2D eigenvalue weighted by Crippen LogP contribution is 2.24. The molecule has 16 heavy (non-hydrogen) atoms. The van der Waals surface area contributed by atoms with Crippen molar-refractivity contribution in [3.63, 3.8) is 0 Å². The van der Waals surface area contributed by atoms with E-state index in [-0.39, 0.29) is 12.5 Å². The van der Waals surface area contributed by atoms with Gasteiger partial charge in [0.15, 0.2) is 0 Å². The van der Waals surface area contributed by atoms with Crippen LogP contribution in [0.2, 0.25) is 0 Å². The first-order valence-electron chi connectivity index (χ1n) is 5.51. The number of rotatable bonds is 5. The van der Waals surface area contributed by atoms with Crippen molar-refractivity contribution in [2.45, 2.75) is 32.4 Å². The third kappa shape index (κ3) is 3.35. The Morgan fingerprint density at radius 3 is 2.31 bits per heavy atom. The van der Waals surface area contributed by atoms with E-state index in [1.54, 1.807) is 0 Å². The Balaban J connectivity index is 2.91. The maximum Gasteiger partial charge on any atom is 0.305 e. The molecule has 0 fully saturated rings. The van der Waals surface area contributed by atoms with E-state index in [0.717, 1.165) is 5.56 Å². The zero-order chi connectivity index (χ0) is 12.1. The van der Waals surface area contributed by atoms with Gasteiger partial charge >= 0.3 is 5.97 Å². The molecule has 3 nitrogen and oxygen atoms in total. The van der Waals surface area contributed by atoms with Gasteiger partial charge in [0.1, 0.15) is 0 Å². The quantitative estimate of drug-likeness (QED) is 0.830. The van der Waals surface area contributed by atoms with Crippen LogP contribution >= 0.6 is 0 Å². The summed E-state index contributed by atoms with van der Waals surface area (Å²) >= 11 is 0. The number of carboxylic acids is 1. The molecule has 0 aliphatic rings. The van der Waals surface area contributed by atoms with Crippen LogP contribution in [0.1, 0.15) is 31.9 Å². The highest BCUT2D eigenvalue weighted by atomic mass is 16.4. The molecular formula is C13H19NO2. The number of benzene rings is 1. The van der Waals surface area contributed by atoms with Gasteiger partial charge in [-0.1, -0.05) is 30.3 Å². The van der Waals surface area contributed by atoms with Gasteiger partial charge in [0.2, 0.25) is 0 Å². The van der Waals surface area contributed by atoms with Crippen molar-refractivity contribution in [3.8, 4) is 0 Å². The second-order valence-corrected chi connectivity index (χ2v) is 4.28. The molecule has 0 saturated heterocycles. The molecule has 1 aromatic carbocycles. The average molecular weight is 221 g/mol. The summed E-state index contributed by atoms with van der Waals surface area (Å²) in [7, 11) is 1.96. The van der Waals surface area contributed by atoms with E-state index in [2.05, 4.69) is 18.7 Å². The summed E-state index contributed by atoms with van der Waals surface area (Å²) in [6.45, 7) is 4.13. The fourth-order valence-corrected chi connectivity index (χ4v) is 1.70. The summed E-state index contributed by atoms with van der Waals surface area (Å²) in [5, 5.41) is 8.95. The molecular weight excluding hydrogens is 202 g/mol. The molecule has 0 aliphatic carbocycles. The van der Waals surface area contributed by atoms with Crippen LogP contribution < -0.4 is 0 Å². The number of hydrogen-bond acceptors (Lipinski definition) is 2. The predicted octanol–water partition coefficient (Wildman–Crippen LogP) is 2.54. The molecule has 0 bridgehead atoms. The molecule has 1 unspecified atom stereocenters. The van der Waals surface area contributed by atoms with Crippen molar-refractivity contribution in [2.75, 3.05) is 7.05 Å². The first-order chi connectivity index (χ1) is 7.52. The van der Waals surface area contributed by atoms with Crippen LogP contribution in [0, 0.1) is 0 Å². The summed E-state index contributed by atoms with van der Waals surface area (Å²) in [5.74, 6) is -0.763. The normalized spacial score (nSPS) is 13.1. The Kier molecular flexibility index (Phi) is 4.50. The van der Waals surface area contributed by atoms with Gasteiger partial charge in [0.25, 0.3) is 0 Å². The fourth-order valence-electron chi connectivity index (χ4n) is 1.70. The van der Waals surface area contributed by atoms with Gasteiger partial charge in [0.05, 0.1) is 6.42 Å². The number of carboxylic acid groups (broad SMARTS) is 1. The zero-order valence-electron chi connectivity index (χ0n) is 10.1. The number of hydrogen-bond donors (Lipinski definition) is 1. The molecule has 0 aliphatic heterocycles. The summed E-state index contributed by atoms with van der Waals surface area (Å²) in [5.41, 5.74) is 1.06. The molecule has 88 valence electrons. The molecule has 1 rings (SSSR count). The maximum absolute atomic E-state index is 10.9. The molecule has 3 heteroatoms. The van der Waals surface area contributed by atoms with Crippen LogP contribution in [0.3, 0.4) is 0 Å². The van der Waals surface area contributed by atoms with Crippen molar-refractivity contribution in [1.82, 2.24) is 4.90 Å². The fraction of sp³-hybridized carbons (Fsp3) is 0.462. The third-order valence-electron chi connectivity index (χ3n) is 2.86. The molecule has 0 heterocycles. The largest absolute Gasteiger partial charge is 0.481 e. The van der Waals surface area contributed by atoms with E-state index in [4.69, 9.17) is 5.11 Å². The van der Waals surface area contributed by atoms with Crippen LogP contribution in [-0.4, -0.2) is 29.1 Å². The smallest absolute Gasteiger partial charge is 0.305 e. The maximum atomic E-state index is 10.9. The van der Waals surface area contributed by atoms with Gasteiger partial charge in [-0.3, -0.25) is 9.69 Å². The minimum atomic E-state index is -0.763. The first kappa shape index (κ1) is 12.7. The summed E-state index contributed by atoms with van der Waals surface area (Å²) in [6.07, 6.45) is 0.138. The molecule has 0 radical (unpaired) electrons. The Hall–Kier alpha value is -1.35. The van der Waals surface area contributed by atoms with E-state index < -0.39 is 5.97 Å². The molecule has 0 saturated carbocycles. The molecule has 1 N–H and O–H groups in total. The lowest BCUT2D eigenvalue weighted by Crippen LogP contribution is -2.32. The predicted molar refractivity (Wildman–Crippen MR) is 64.3 cm³/mol. The van der Waals surface area contributed by atoms with Crippen molar-refractivity contribution in [2.24, 2.45) is 0 Å². The second-order valence-electron chi connectivity index (χ2n) is 4.28. The van der Waals surface area contributed by atoms with Gasteiger partial charge in [-0.15, -0.1) is 0 Å². The van der Waals surface area contributed by atoms with E-state index in [1.165, 1.54) is 0 Å². The number of carbonyl (C=O) groups is 1. The monoisotopic (exact) mass is 221 g/mol. The van der Waals surface area contributed by atoms with Crippen molar-refractivity contribution in [1.29, 1.82) is 0 Å². The number of aliphatic carboxylic acids is 1. The van der Waals surface area contributed by atoms with E-state index in [0.29, 0.717) is 6.04 Å². The lowest BCUT2D eigenvalue weighted by Gasteiger charge is -2.30. The van der Waals surface area contributed by atoms with Crippen LogP contribution in [0.25, 0.3) is 0 Å². The van der Waals surface area contributed by atoms with Crippen molar-refractivity contribution in [3.05, 3.63) is 35.9 Å². The minimum absolute atomic E-state index is 0.0568. The Morgan fingerprint density at radius 1 is 1.31 bits per heavy atom. The van der Waals surface area contributed by atoms with Crippen molar-refractivity contribution >= 4 is 5.97 Å². The highest BCUT2D eigenvalue weighted by Gasteiger charge is 2.21. The van der Waals surface area contributed by atoms with E-state index in [1.807, 2.05) is 37.4 Å². The Bertz CT molecular complexity index is 335. The lowest BCUT2D eigenvalue weighted by molar-refractivity contribution is -0.138. The van der Waals surface area contributed by atoms with Crippen LogP contribution in [0.4, 0.5) is 0 Å². The summed E-state index contributed by atoms with van der Waals surface area (Å²) in [6, 6.07) is 10.1. The minimum Gasteiger partial charge on any atom is -0.481 e. The summed E-state index contributed by atoms with van der Waals surface area (Å²) in [4.78, 5) is 13.0. The average Bonchev–Trinajstić information content (AvgIpc) is 2.26. The van der Waals surface area contributed by atoms with Crippen LogP contribution in [0.15, 0.2) is 30.3 Å². The van der Waals surface area contributed by atoms with E-state index in [9.17, 15) is 4.79 Å². The SMILES string of the molecule is CC(C)N(C)C(CC(=O)O)c1ccccc1. The molecule has 0 aromatic heterocycles. The van der Waals surface area contributed by atoms with Gasteiger partial charge in [0, 0.05) is 12.1 Å². The Labute approximate surface area is 96.7 Å². The van der Waals surface area contributed by atoms with Crippen LogP contribution in [-0.2, 0) is 4.79 Å². The first-order valence-corrected chi connectivity index (χ1v) is 5.51.